The largest absolute Gasteiger partial charge is 0.306 e. The van der Waals surface area contributed by atoms with Crippen molar-refractivity contribution in [3.63, 3.8) is 0 Å². The van der Waals surface area contributed by atoms with Gasteiger partial charge in [-0.2, -0.15) is 5.10 Å². The molecular formula is C16H23N3. The van der Waals surface area contributed by atoms with Gasteiger partial charge in [0.25, 0.3) is 0 Å². The first-order chi connectivity index (χ1) is 9.13. The summed E-state index contributed by atoms with van der Waals surface area (Å²) in [5, 5.41) is 7.99. The van der Waals surface area contributed by atoms with Gasteiger partial charge in [-0.1, -0.05) is 36.8 Å². The fraction of sp³-hybridized carbons (Fsp3) is 0.438. The lowest BCUT2D eigenvalue weighted by atomic mass is 9.98. The quantitative estimate of drug-likeness (QED) is 0.892. The second-order valence-electron chi connectivity index (χ2n) is 5.11. The lowest BCUT2D eigenvalue weighted by Gasteiger charge is -2.19. The van der Waals surface area contributed by atoms with Crippen molar-refractivity contribution in [3.05, 3.63) is 52.8 Å². The summed E-state index contributed by atoms with van der Waals surface area (Å²) in [6.45, 7) is 7.44. The van der Waals surface area contributed by atoms with Gasteiger partial charge in [-0.25, -0.2) is 0 Å². The molecule has 3 nitrogen and oxygen atoms in total. The van der Waals surface area contributed by atoms with Gasteiger partial charge < -0.3 is 5.32 Å². The molecular weight excluding hydrogens is 234 g/mol. The maximum atomic E-state index is 4.36. The molecule has 1 aromatic heterocycles. The average Bonchev–Trinajstić information content (AvgIpc) is 2.73. The first kappa shape index (κ1) is 13.8. The standard InChI is InChI=1S/C16H23N3/c1-5-10-17-16(14-8-6-12(2)7-9-14)15-11-18-19(4)13(15)3/h6-9,11,16-17H,5,10H2,1-4H3. The van der Waals surface area contributed by atoms with Gasteiger partial charge >= 0.3 is 0 Å². The second kappa shape index (κ2) is 6.02. The van der Waals surface area contributed by atoms with Crippen molar-refractivity contribution in [2.75, 3.05) is 6.54 Å². The molecule has 0 aliphatic carbocycles. The minimum atomic E-state index is 0.231. The fourth-order valence-electron chi connectivity index (χ4n) is 2.25. The number of nitrogens with zero attached hydrogens (tertiary/aromatic N) is 2. The third kappa shape index (κ3) is 3.04. The van der Waals surface area contributed by atoms with Crippen LogP contribution in [0.25, 0.3) is 0 Å². The predicted molar refractivity (Wildman–Crippen MR) is 79.3 cm³/mol. The minimum absolute atomic E-state index is 0.231. The van der Waals surface area contributed by atoms with E-state index in [4.69, 9.17) is 0 Å². The number of hydrogen-bond donors (Lipinski definition) is 1. The Morgan fingerprint density at radius 2 is 1.89 bits per heavy atom. The summed E-state index contributed by atoms with van der Waals surface area (Å²) in [7, 11) is 1.99. The van der Waals surface area contributed by atoms with Crippen LogP contribution >= 0.6 is 0 Å². The summed E-state index contributed by atoms with van der Waals surface area (Å²) >= 11 is 0. The molecule has 1 heterocycles. The topological polar surface area (TPSA) is 29.9 Å². The number of nitrogens with one attached hydrogen (secondary N) is 1. The Morgan fingerprint density at radius 3 is 2.42 bits per heavy atom. The van der Waals surface area contributed by atoms with Gasteiger partial charge in [0, 0.05) is 18.3 Å². The maximum Gasteiger partial charge on any atom is 0.0610 e. The molecule has 1 N–H and O–H groups in total. The summed E-state index contributed by atoms with van der Waals surface area (Å²) in [6, 6.07) is 8.97. The van der Waals surface area contributed by atoms with Crippen molar-refractivity contribution in [2.45, 2.75) is 33.2 Å². The first-order valence-corrected chi connectivity index (χ1v) is 6.92. The smallest absolute Gasteiger partial charge is 0.0610 e. The van der Waals surface area contributed by atoms with E-state index in [-0.39, 0.29) is 6.04 Å². The van der Waals surface area contributed by atoms with Gasteiger partial charge in [0.2, 0.25) is 0 Å². The molecule has 2 aromatic rings. The lowest BCUT2D eigenvalue weighted by molar-refractivity contribution is 0.594. The highest BCUT2D eigenvalue weighted by atomic mass is 15.3. The summed E-state index contributed by atoms with van der Waals surface area (Å²) in [5.74, 6) is 0. The number of aromatic nitrogens is 2. The summed E-state index contributed by atoms with van der Waals surface area (Å²) in [5.41, 5.74) is 5.07. The van der Waals surface area contributed by atoms with Crippen LogP contribution in [0.3, 0.4) is 0 Å². The molecule has 19 heavy (non-hydrogen) atoms. The zero-order valence-corrected chi connectivity index (χ0v) is 12.3. The maximum absolute atomic E-state index is 4.36. The highest BCUT2D eigenvalue weighted by molar-refractivity contribution is 5.34. The zero-order valence-electron chi connectivity index (χ0n) is 12.3. The van der Waals surface area contributed by atoms with Crippen LogP contribution in [-0.4, -0.2) is 16.3 Å². The van der Waals surface area contributed by atoms with E-state index in [1.54, 1.807) is 0 Å². The van der Waals surface area contributed by atoms with Crippen molar-refractivity contribution < 1.29 is 0 Å². The summed E-state index contributed by atoms with van der Waals surface area (Å²) in [6.07, 6.45) is 3.10. The van der Waals surface area contributed by atoms with Gasteiger partial charge in [-0.3, -0.25) is 4.68 Å². The highest BCUT2D eigenvalue weighted by Crippen LogP contribution is 2.24. The van der Waals surface area contributed by atoms with E-state index in [0.29, 0.717) is 0 Å². The Labute approximate surface area is 115 Å². The SMILES string of the molecule is CCCNC(c1ccc(C)cc1)c1cnn(C)c1C. The second-order valence-corrected chi connectivity index (χ2v) is 5.11. The van der Waals surface area contributed by atoms with Gasteiger partial charge in [0.1, 0.15) is 0 Å². The van der Waals surface area contributed by atoms with E-state index in [0.717, 1.165) is 13.0 Å². The number of aryl methyl sites for hydroxylation is 2. The normalized spacial score (nSPS) is 12.6. The van der Waals surface area contributed by atoms with Crippen LogP contribution in [0.15, 0.2) is 30.5 Å². The van der Waals surface area contributed by atoms with Gasteiger partial charge in [0.05, 0.1) is 12.2 Å². The van der Waals surface area contributed by atoms with Crippen molar-refractivity contribution in [1.29, 1.82) is 0 Å². The van der Waals surface area contributed by atoms with E-state index in [9.17, 15) is 0 Å². The molecule has 0 aliphatic rings. The number of hydrogen-bond acceptors (Lipinski definition) is 2. The van der Waals surface area contributed by atoms with E-state index >= 15 is 0 Å². The van der Waals surface area contributed by atoms with Crippen LogP contribution in [0.1, 0.15) is 41.8 Å². The minimum Gasteiger partial charge on any atom is -0.306 e. The van der Waals surface area contributed by atoms with Crippen LogP contribution in [-0.2, 0) is 7.05 Å². The van der Waals surface area contributed by atoms with Crippen LogP contribution in [0.4, 0.5) is 0 Å². The Bertz CT molecular complexity index is 525. The highest BCUT2D eigenvalue weighted by Gasteiger charge is 2.17. The number of rotatable bonds is 5. The van der Waals surface area contributed by atoms with E-state index in [2.05, 4.69) is 55.5 Å². The first-order valence-electron chi connectivity index (χ1n) is 6.92. The molecule has 1 atom stereocenters. The molecule has 0 saturated heterocycles. The Morgan fingerprint density at radius 1 is 1.21 bits per heavy atom. The number of benzene rings is 1. The third-order valence-electron chi connectivity index (χ3n) is 3.59. The molecule has 0 spiro atoms. The van der Waals surface area contributed by atoms with Crippen LogP contribution < -0.4 is 5.32 Å². The molecule has 2 rings (SSSR count). The van der Waals surface area contributed by atoms with E-state index < -0.39 is 0 Å². The van der Waals surface area contributed by atoms with Gasteiger partial charge in [0.15, 0.2) is 0 Å². The molecule has 1 aromatic carbocycles. The Balaban J connectivity index is 2.35. The molecule has 0 radical (unpaired) electrons. The van der Waals surface area contributed by atoms with Crippen LogP contribution in [0.2, 0.25) is 0 Å². The summed E-state index contributed by atoms with van der Waals surface area (Å²) < 4.78 is 1.93. The molecule has 0 fully saturated rings. The summed E-state index contributed by atoms with van der Waals surface area (Å²) in [4.78, 5) is 0. The van der Waals surface area contributed by atoms with Crippen molar-refractivity contribution >= 4 is 0 Å². The predicted octanol–water partition coefficient (Wildman–Crippen LogP) is 3.13. The monoisotopic (exact) mass is 257 g/mol. The molecule has 0 bridgehead atoms. The zero-order chi connectivity index (χ0) is 13.8. The van der Waals surface area contributed by atoms with E-state index in [1.807, 2.05) is 17.9 Å². The Kier molecular flexibility index (Phi) is 4.38. The van der Waals surface area contributed by atoms with E-state index in [1.165, 1.54) is 22.4 Å². The van der Waals surface area contributed by atoms with Crippen molar-refractivity contribution in [3.8, 4) is 0 Å². The fourth-order valence-corrected chi connectivity index (χ4v) is 2.25. The van der Waals surface area contributed by atoms with Crippen molar-refractivity contribution in [1.82, 2.24) is 15.1 Å². The molecule has 102 valence electrons. The average molecular weight is 257 g/mol. The molecule has 0 saturated carbocycles. The van der Waals surface area contributed by atoms with Gasteiger partial charge in [-0.15, -0.1) is 0 Å². The Hall–Kier alpha value is -1.61. The lowest BCUT2D eigenvalue weighted by Crippen LogP contribution is -2.23. The molecule has 3 heteroatoms. The molecule has 0 aliphatic heterocycles. The van der Waals surface area contributed by atoms with Crippen LogP contribution in [0, 0.1) is 13.8 Å². The molecule has 1 unspecified atom stereocenters. The van der Waals surface area contributed by atoms with Crippen molar-refractivity contribution in [2.24, 2.45) is 7.05 Å². The van der Waals surface area contributed by atoms with Gasteiger partial charge in [-0.05, 0) is 32.4 Å². The molecule has 0 amide bonds. The van der Waals surface area contributed by atoms with Crippen LogP contribution in [0.5, 0.6) is 0 Å². The third-order valence-corrected chi connectivity index (χ3v) is 3.59.